The summed E-state index contributed by atoms with van der Waals surface area (Å²) in [6.45, 7) is 5.35. The average Bonchev–Trinajstić information content (AvgIpc) is 3.77. The quantitative estimate of drug-likeness (QED) is 0.179. The van der Waals surface area contributed by atoms with Gasteiger partial charge in [0.2, 0.25) is 6.79 Å². The number of imide groups is 1. The number of rotatable bonds is 10. The van der Waals surface area contributed by atoms with Crippen LogP contribution in [-0.2, 0) is 20.7 Å². The highest BCUT2D eigenvalue weighted by atomic mass is 16.7. The van der Waals surface area contributed by atoms with Gasteiger partial charge in [0.15, 0.2) is 5.82 Å². The molecule has 0 radical (unpaired) electrons. The van der Waals surface area contributed by atoms with Crippen LogP contribution in [-0.4, -0.2) is 67.9 Å². The van der Waals surface area contributed by atoms with E-state index in [0.717, 1.165) is 10.5 Å². The maximum absolute atomic E-state index is 13.6. The highest BCUT2D eigenvalue weighted by molar-refractivity contribution is 6.04. The Morgan fingerprint density at radius 1 is 1.07 bits per heavy atom. The van der Waals surface area contributed by atoms with E-state index in [1.165, 1.54) is 18.5 Å². The van der Waals surface area contributed by atoms with Gasteiger partial charge < -0.3 is 25.2 Å². The molecule has 228 valence electrons. The van der Waals surface area contributed by atoms with Gasteiger partial charge in [0.25, 0.3) is 11.8 Å². The SMILES string of the molecule is CCNC(=O)c1cn2ncnc(Nc3cc(C(=O)N(C(=O)OCOC(=O)Cc4ccc(O)cc4)C4CC4)ccc3C)c2c1C. The molecule has 2 aromatic carbocycles. The zero-order chi connectivity index (χ0) is 31.4. The minimum atomic E-state index is -0.913. The molecule has 13 heteroatoms. The fourth-order valence-corrected chi connectivity index (χ4v) is 4.67. The molecule has 5 rings (SSSR count). The Labute approximate surface area is 252 Å². The predicted molar refractivity (Wildman–Crippen MR) is 159 cm³/mol. The molecule has 44 heavy (non-hydrogen) atoms. The number of nitrogens with one attached hydrogen (secondary N) is 2. The monoisotopic (exact) mass is 600 g/mol. The number of aryl methyl sites for hydroxylation is 2. The van der Waals surface area contributed by atoms with Crippen LogP contribution in [0, 0.1) is 13.8 Å². The summed E-state index contributed by atoms with van der Waals surface area (Å²) in [5.41, 5.74) is 4.02. The van der Waals surface area contributed by atoms with Crippen LogP contribution in [0.5, 0.6) is 5.75 Å². The number of amides is 3. The third kappa shape index (κ3) is 6.61. The lowest BCUT2D eigenvalue weighted by Crippen LogP contribution is -2.39. The van der Waals surface area contributed by atoms with E-state index in [0.29, 0.717) is 53.1 Å². The Balaban J connectivity index is 1.29. The minimum Gasteiger partial charge on any atom is -0.508 e. The van der Waals surface area contributed by atoms with Crippen molar-refractivity contribution in [2.45, 2.75) is 46.1 Å². The summed E-state index contributed by atoms with van der Waals surface area (Å²) in [6, 6.07) is 10.7. The highest BCUT2D eigenvalue weighted by Gasteiger charge is 2.39. The number of hydrogen-bond acceptors (Lipinski definition) is 10. The van der Waals surface area contributed by atoms with E-state index in [1.54, 1.807) is 41.0 Å². The lowest BCUT2D eigenvalue weighted by molar-refractivity contribution is -0.151. The fraction of sp³-hybridized carbons (Fsp3) is 0.290. The summed E-state index contributed by atoms with van der Waals surface area (Å²) >= 11 is 0. The summed E-state index contributed by atoms with van der Waals surface area (Å²) in [6.07, 6.45) is 3.29. The number of benzene rings is 2. The summed E-state index contributed by atoms with van der Waals surface area (Å²) < 4.78 is 11.7. The van der Waals surface area contributed by atoms with Crippen LogP contribution in [0.1, 0.15) is 57.2 Å². The smallest absolute Gasteiger partial charge is 0.419 e. The molecule has 0 aliphatic heterocycles. The molecule has 1 aliphatic carbocycles. The molecule has 0 saturated heterocycles. The molecule has 0 atom stereocenters. The number of hydrogen-bond donors (Lipinski definition) is 3. The van der Waals surface area contributed by atoms with Crippen molar-refractivity contribution in [2.24, 2.45) is 0 Å². The number of phenols is 1. The number of carbonyl (C=O) groups excluding carboxylic acids is 4. The Bertz CT molecular complexity index is 1730. The van der Waals surface area contributed by atoms with Gasteiger partial charge >= 0.3 is 12.1 Å². The van der Waals surface area contributed by atoms with Crippen molar-refractivity contribution in [1.29, 1.82) is 0 Å². The maximum Gasteiger partial charge on any atom is 0.419 e. The van der Waals surface area contributed by atoms with E-state index < -0.39 is 24.8 Å². The summed E-state index contributed by atoms with van der Waals surface area (Å²) in [4.78, 5) is 56.6. The molecule has 4 aromatic rings. The van der Waals surface area contributed by atoms with Crippen molar-refractivity contribution in [2.75, 3.05) is 18.7 Å². The van der Waals surface area contributed by atoms with Crippen molar-refractivity contribution in [1.82, 2.24) is 24.8 Å². The van der Waals surface area contributed by atoms with Gasteiger partial charge in [-0.1, -0.05) is 18.2 Å². The van der Waals surface area contributed by atoms with Crippen molar-refractivity contribution in [3.8, 4) is 5.75 Å². The molecule has 0 unspecified atom stereocenters. The Morgan fingerprint density at radius 2 is 1.82 bits per heavy atom. The number of anilines is 2. The van der Waals surface area contributed by atoms with Gasteiger partial charge in [0.05, 0.1) is 12.0 Å². The maximum atomic E-state index is 13.6. The Hall–Kier alpha value is -5.46. The molecule has 13 nitrogen and oxygen atoms in total. The number of aromatic hydroxyl groups is 1. The first kappa shape index (κ1) is 30.0. The van der Waals surface area contributed by atoms with Crippen molar-refractivity contribution in [3.05, 3.63) is 82.8 Å². The number of aromatic nitrogens is 3. The van der Waals surface area contributed by atoms with E-state index in [1.807, 2.05) is 20.8 Å². The number of nitrogens with zero attached hydrogens (tertiary/aromatic N) is 4. The topological polar surface area (TPSA) is 164 Å². The summed E-state index contributed by atoms with van der Waals surface area (Å²) in [5, 5.41) is 19.7. The second kappa shape index (κ2) is 12.8. The van der Waals surface area contributed by atoms with Gasteiger partial charge in [0.1, 0.15) is 17.6 Å². The number of phenolic OH excluding ortho intramolecular Hbond substituents is 1. The largest absolute Gasteiger partial charge is 0.508 e. The summed E-state index contributed by atoms with van der Waals surface area (Å²) in [7, 11) is 0. The molecule has 1 saturated carbocycles. The van der Waals surface area contributed by atoms with E-state index in [9.17, 15) is 24.3 Å². The van der Waals surface area contributed by atoms with Crippen molar-refractivity contribution in [3.63, 3.8) is 0 Å². The molecule has 3 N–H and O–H groups in total. The van der Waals surface area contributed by atoms with Crippen molar-refractivity contribution < 1.29 is 33.8 Å². The first-order chi connectivity index (χ1) is 21.2. The van der Waals surface area contributed by atoms with Gasteiger partial charge in [-0.2, -0.15) is 5.10 Å². The molecular weight excluding hydrogens is 568 g/mol. The normalized spacial score (nSPS) is 12.4. The lowest BCUT2D eigenvalue weighted by Gasteiger charge is -2.21. The number of esters is 1. The number of ether oxygens (including phenoxy) is 2. The van der Waals surface area contributed by atoms with Crippen LogP contribution in [0.3, 0.4) is 0 Å². The van der Waals surface area contributed by atoms with Crippen LogP contribution in [0.2, 0.25) is 0 Å². The molecule has 0 spiro atoms. The van der Waals surface area contributed by atoms with Crippen LogP contribution in [0.25, 0.3) is 5.52 Å². The molecule has 0 bridgehead atoms. The zero-order valence-electron chi connectivity index (χ0n) is 24.5. The molecule has 1 aliphatic rings. The lowest BCUT2D eigenvalue weighted by atomic mass is 10.1. The predicted octanol–water partition coefficient (Wildman–Crippen LogP) is 4.03. The first-order valence-corrected chi connectivity index (χ1v) is 14.1. The minimum absolute atomic E-state index is 0.0725. The van der Waals surface area contributed by atoms with E-state index in [2.05, 4.69) is 20.7 Å². The van der Waals surface area contributed by atoms with Crippen molar-refractivity contribution >= 4 is 40.9 Å². The van der Waals surface area contributed by atoms with Gasteiger partial charge in [0, 0.05) is 30.0 Å². The summed E-state index contributed by atoms with van der Waals surface area (Å²) in [5.74, 6) is -0.886. The first-order valence-electron chi connectivity index (χ1n) is 14.1. The van der Waals surface area contributed by atoms with Crippen LogP contribution in [0.4, 0.5) is 16.3 Å². The second-order valence-corrected chi connectivity index (χ2v) is 10.4. The standard InChI is InChI=1S/C31H32N6O7/c1-4-32-29(40)24-15-36-27(19(24)3)28(33-16-34-36)35-25-14-21(8-5-18(25)2)30(41)37(22-9-10-22)31(42)44-17-43-26(39)13-20-6-11-23(38)12-7-20/h5-8,11-12,14-16,22,38H,4,9-10,13,17H2,1-3H3,(H,32,40)(H,33,34,35). The molecule has 2 aromatic heterocycles. The molecular formula is C31H32N6O7. The Kier molecular flexibility index (Phi) is 8.74. The van der Waals surface area contributed by atoms with Gasteiger partial charge in [-0.05, 0) is 74.6 Å². The number of fused-ring (bicyclic) bond motifs is 1. The zero-order valence-corrected chi connectivity index (χ0v) is 24.5. The molecule has 2 heterocycles. The average molecular weight is 601 g/mol. The van der Waals surface area contributed by atoms with Gasteiger partial charge in [-0.3, -0.25) is 14.4 Å². The molecule has 3 amide bonds. The fourth-order valence-electron chi connectivity index (χ4n) is 4.67. The Morgan fingerprint density at radius 3 is 2.52 bits per heavy atom. The molecule has 1 fully saturated rings. The van der Waals surface area contributed by atoms with E-state index in [-0.39, 0.29) is 29.7 Å². The van der Waals surface area contributed by atoms with Gasteiger partial charge in [-0.15, -0.1) is 0 Å². The second-order valence-electron chi connectivity index (χ2n) is 10.4. The number of carbonyl (C=O) groups is 4. The van der Waals surface area contributed by atoms with Crippen LogP contribution >= 0.6 is 0 Å². The van der Waals surface area contributed by atoms with Gasteiger partial charge in [-0.25, -0.2) is 19.2 Å². The van der Waals surface area contributed by atoms with E-state index >= 15 is 0 Å². The van der Waals surface area contributed by atoms with Crippen LogP contribution < -0.4 is 10.6 Å². The third-order valence-corrected chi connectivity index (χ3v) is 7.16. The highest BCUT2D eigenvalue weighted by Crippen LogP contribution is 2.31. The van der Waals surface area contributed by atoms with E-state index in [4.69, 9.17) is 9.47 Å². The third-order valence-electron chi connectivity index (χ3n) is 7.16. The van der Waals surface area contributed by atoms with Crippen LogP contribution in [0.15, 0.2) is 55.0 Å².